The number of nitrogens with one attached hydrogen (secondary N) is 2. The first kappa shape index (κ1) is 23.5. The molecule has 0 saturated carbocycles. The van der Waals surface area contributed by atoms with Gasteiger partial charge in [0.1, 0.15) is 0 Å². The number of anilines is 1. The summed E-state index contributed by atoms with van der Waals surface area (Å²) >= 11 is 1.33. The smallest absolute Gasteiger partial charge is 0.251 e. The molecular weight excluding hydrogens is 422 g/mol. The van der Waals surface area contributed by atoms with Crippen molar-refractivity contribution in [1.82, 2.24) is 20.1 Å². The molecule has 0 aliphatic rings. The van der Waals surface area contributed by atoms with Crippen molar-refractivity contribution < 1.29 is 9.59 Å². The van der Waals surface area contributed by atoms with Crippen molar-refractivity contribution in [3.8, 4) is 0 Å². The zero-order chi connectivity index (χ0) is 23.1. The molecule has 1 aromatic heterocycles. The van der Waals surface area contributed by atoms with Gasteiger partial charge in [-0.3, -0.25) is 9.59 Å². The number of hydrogen-bond acceptors (Lipinski definition) is 5. The fourth-order valence-electron chi connectivity index (χ4n) is 3.24. The van der Waals surface area contributed by atoms with E-state index in [4.69, 9.17) is 0 Å². The Morgan fingerprint density at radius 2 is 1.72 bits per heavy atom. The minimum absolute atomic E-state index is 0.108. The molecule has 0 radical (unpaired) electrons. The van der Waals surface area contributed by atoms with E-state index in [1.165, 1.54) is 11.8 Å². The lowest BCUT2D eigenvalue weighted by Gasteiger charge is -2.22. The molecular formula is C24H29N5O2S. The number of carbonyl (C=O) groups excluding carboxylic acids is 2. The van der Waals surface area contributed by atoms with Gasteiger partial charge in [0.15, 0.2) is 11.0 Å². The van der Waals surface area contributed by atoms with E-state index in [2.05, 4.69) is 20.8 Å². The van der Waals surface area contributed by atoms with Crippen LogP contribution < -0.4 is 10.6 Å². The number of aryl methyl sites for hydroxylation is 1. The van der Waals surface area contributed by atoms with E-state index >= 15 is 0 Å². The number of thioether (sulfide) groups is 1. The number of hydrogen-bond donors (Lipinski definition) is 2. The third kappa shape index (κ3) is 5.97. The average Bonchev–Trinajstić information content (AvgIpc) is 3.20. The summed E-state index contributed by atoms with van der Waals surface area (Å²) in [4.78, 5) is 25.1. The maximum absolute atomic E-state index is 12.7. The molecule has 168 valence electrons. The lowest BCUT2D eigenvalue weighted by atomic mass is 10.0. The highest BCUT2D eigenvalue weighted by Crippen LogP contribution is 2.25. The Morgan fingerprint density at radius 1 is 1.03 bits per heavy atom. The van der Waals surface area contributed by atoms with E-state index in [1.807, 2.05) is 74.7 Å². The number of aromatic nitrogens is 3. The third-order valence-corrected chi connectivity index (χ3v) is 5.96. The summed E-state index contributed by atoms with van der Waals surface area (Å²) in [6.45, 7) is 8.70. The van der Waals surface area contributed by atoms with Crippen LogP contribution in [0.15, 0.2) is 59.8 Å². The van der Waals surface area contributed by atoms with Gasteiger partial charge in [0.25, 0.3) is 5.91 Å². The minimum atomic E-state index is -0.300. The molecule has 1 atom stereocenters. The second-order valence-electron chi connectivity index (χ2n) is 7.85. The van der Waals surface area contributed by atoms with Crippen molar-refractivity contribution >= 4 is 29.3 Å². The molecule has 2 N–H and O–H groups in total. The standard InChI is InChI=1S/C24H29N5O2S/c1-5-29-22(21(16(2)3)26-23(31)18-9-7-6-8-10-18)27-28-24(29)32-15-20(30)25-19-13-11-17(4)12-14-19/h6-14,16,21H,5,15H2,1-4H3,(H,25,30)(H,26,31)/t21-/m0/s1. The van der Waals surface area contributed by atoms with E-state index in [1.54, 1.807) is 12.1 Å². The van der Waals surface area contributed by atoms with Gasteiger partial charge in [-0.15, -0.1) is 10.2 Å². The lowest BCUT2D eigenvalue weighted by molar-refractivity contribution is -0.113. The average molecular weight is 452 g/mol. The summed E-state index contributed by atoms with van der Waals surface area (Å²) in [5.41, 5.74) is 2.51. The van der Waals surface area contributed by atoms with Crippen LogP contribution in [-0.2, 0) is 11.3 Å². The van der Waals surface area contributed by atoms with Crippen LogP contribution in [0.25, 0.3) is 0 Å². The van der Waals surface area contributed by atoms with E-state index < -0.39 is 0 Å². The van der Waals surface area contributed by atoms with Gasteiger partial charge in [-0.2, -0.15) is 0 Å². The van der Waals surface area contributed by atoms with Crippen molar-refractivity contribution in [1.29, 1.82) is 0 Å². The summed E-state index contributed by atoms with van der Waals surface area (Å²) in [6.07, 6.45) is 0. The van der Waals surface area contributed by atoms with Gasteiger partial charge in [-0.05, 0) is 44.0 Å². The second-order valence-corrected chi connectivity index (χ2v) is 8.79. The first-order valence-corrected chi connectivity index (χ1v) is 11.7. The summed E-state index contributed by atoms with van der Waals surface area (Å²) < 4.78 is 1.96. The first-order chi connectivity index (χ1) is 15.4. The van der Waals surface area contributed by atoms with Crippen LogP contribution in [0.4, 0.5) is 5.69 Å². The van der Waals surface area contributed by atoms with Gasteiger partial charge in [-0.1, -0.05) is 61.5 Å². The summed E-state index contributed by atoms with van der Waals surface area (Å²) in [6, 6.07) is 16.5. The van der Waals surface area contributed by atoms with Crippen LogP contribution in [0, 0.1) is 12.8 Å². The van der Waals surface area contributed by atoms with Crippen LogP contribution in [0.5, 0.6) is 0 Å². The van der Waals surface area contributed by atoms with Crippen LogP contribution in [0.2, 0.25) is 0 Å². The quantitative estimate of drug-likeness (QED) is 0.469. The molecule has 0 fully saturated rings. The Bertz CT molecular complexity index is 1050. The van der Waals surface area contributed by atoms with E-state index in [9.17, 15) is 9.59 Å². The highest BCUT2D eigenvalue weighted by molar-refractivity contribution is 7.99. The highest BCUT2D eigenvalue weighted by atomic mass is 32.2. The maximum atomic E-state index is 12.7. The van der Waals surface area contributed by atoms with Gasteiger partial charge in [0.2, 0.25) is 5.91 Å². The fraction of sp³-hybridized carbons (Fsp3) is 0.333. The Balaban J connectivity index is 1.69. The van der Waals surface area contributed by atoms with Crippen LogP contribution >= 0.6 is 11.8 Å². The zero-order valence-electron chi connectivity index (χ0n) is 18.8. The predicted molar refractivity (Wildman–Crippen MR) is 128 cm³/mol. The topological polar surface area (TPSA) is 88.9 Å². The van der Waals surface area contributed by atoms with E-state index in [-0.39, 0.29) is 29.5 Å². The molecule has 0 aliphatic heterocycles. The normalized spacial score (nSPS) is 11.9. The third-order valence-electron chi connectivity index (χ3n) is 5.00. The van der Waals surface area contributed by atoms with Gasteiger partial charge in [0, 0.05) is 17.8 Å². The Labute approximate surface area is 193 Å². The van der Waals surface area contributed by atoms with E-state index in [0.717, 1.165) is 11.3 Å². The van der Waals surface area contributed by atoms with Crippen LogP contribution in [-0.4, -0.2) is 32.3 Å². The van der Waals surface area contributed by atoms with Crippen LogP contribution in [0.1, 0.15) is 48.6 Å². The molecule has 0 bridgehead atoms. The summed E-state index contributed by atoms with van der Waals surface area (Å²) in [7, 11) is 0. The number of carbonyl (C=O) groups is 2. The molecule has 3 aromatic rings. The molecule has 32 heavy (non-hydrogen) atoms. The number of rotatable bonds is 9. The molecule has 0 spiro atoms. The number of benzene rings is 2. The zero-order valence-corrected chi connectivity index (χ0v) is 19.6. The molecule has 2 aromatic carbocycles. The number of amides is 2. The molecule has 3 rings (SSSR count). The van der Waals surface area contributed by atoms with Gasteiger partial charge < -0.3 is 15.2 Å². The first-order valence-electron chi connectivity index (χ1n) is 10.7. The lowest BCUT2D eigenvalue weighted by Crippen LogP contribution is -2.33. The Morgan fingerprint density at radius 3 is 2.34 bits per heavy atom. The van der Waals surface area contributed by atoms with E-state index in [0.29, 0.717) is 23.1 Å². The Hall–Kier alpha value is -3.13. The fourth-order valence-corrected chi connectivity index (χ4v) is 4.05. The molecule has 0 aliphatic carbocycles. The molecule has 7 nitrogen and oxygen atoms in total. The molecule has 1 heterocycles. The summed E-state index contributed by atoms with van der Waals surface area (Å²) in [5, 5.41) is 15.3. The van der Waals surface area contributed by atoms with Crippen molar-refractivity contribution in [2.24, 2.45) is 5.92 Å². The van der Waals surface area contributed by atoms with Gasteiger partial charge in [-0.25, -0.2) is 0 Å². The monoisotopic (exact) mass is 451 g/mol. The van der Waals surface area contributed by atoms with Crippen molar-refractivity contribution in [2.45, 2.75) is 45.4 Å². The van der Waals surface area contributed by atoms with Crippen LogP contribution in [0.3, 0.4) is 0 Å². The highest BCUT2D eigenvalue weighted by Gasteiger charge is 2.26. The van der Waals surface area contributed by atoms with Crippen molar-refractivity contribution in [3.63, 3.8) is 0 Å². The minimum Gasteiger partial charge on any atom is -0.342 e. The largest absolute Gasteiger partial charge is 0.342 e. The molecule has 2 amide bonds. The maximum Gasteiger partial charge on any atom is 0.251 e. The summed E-state index contributed by atoms with van der Waals surface area (Å²) in [5.74, 6) is 0.757. The van der Waals surface area contributed by atoms with Crippen molar-refractivity contribution in [2.75, 3.05) is 11.1 Å². The van der Waals surface area contributed by atoms with Gasteiger partial charge in [0.05, 0.1) is 11.8 Å². The van der Waals surface area contributed by atoms with Crippen molar-refractivity contribution in [3.05, 3.63) is 71.5 Å². The second kappa shape index (κ2) is 10.9. The molecule has 0 saturated heterocycles. The predicted octanol–water partition coefficient (Wildman–Crippen LogP) is 4.46. The Kier molecular flexibility index (Phi) is 8.05. The molecule has 0 unspecified atom stereocenters. The van der Waals surface area contributed by atoms with Gasteiger partial charge >= 0.3 is 0 Å². The SMILES string of the molecule is CCn1c(SCC(=O)Nc2ccc(C)cc2)nnc1[C@@H](NC(=O)c1ccccc1)C(C)C. The molecule has 8 heteroatoms. The number of nitrogens with zero attached hydrogens (tertiary/aromatic N) is 3.